The van der Waals surface area contributed by atoms with E-state index < -0.39 is 0 Å². The lowest BCUT2D eigenvalue weighted by atomic mass is 10.00. The molecule has 0 aliphatic carbocycles. The molecule has 0 saturated heterocycles. The van der Waals surface area contributed by atoms with Crippen molar-refractivity contribution in [3.05, 3.63) is 66.0 Å². The van der Waals surface area contributed by atoms with Crippen LogP contribution >= 0.6 is 0 Å². The Kier molecular flexibility index (Phi) is 4.28. The number of benzene rings is 1. The van der Waals surface area contributed by atoms with E-state index in [4.69, 9.17) is 0 Å². The van der Waals surface area contributed by atoms with Crippen molar-refractivity contribution in [1.82, 2.24) is 10.3 Å². The quantitative estimate of drug-likeness (QED) is 0.847. The van der Waals surface area contributed by atoms with Gasteiger partial charge < -0.3 is 5.32 Å². The largest absolute Gasteiger partial charge is 0.316 e. The average molecular weight is 226 g/mol. The molecule has 1 atom stereocenters. The molecule has 1 unspecified atom stereocenters. The fraction of sp³-hybridized carbons (Fsp3) is 0.267. The van der Waals surface area contributed by atoms with Crippen LogP contribution in [-0.2, 0) is 12.8 Å². The minimum absolute atomic E-state index is 0.472. The lowest BCUT2D eigenvalue weighted by Gasteiger charge is -2.16. The molecule has 0 saturated carbocycles. The maximum absolute atomic E-state index is 4.04. The first-order valence-electron chi connectivity index (χ1n) is 5.98. The standard InChI is InChI=1S/C15H18N2/c1-16-15(11-13-5-3-2-4-6-13)12-14-7-9-17-10-8-14/h2-10,15-16H,11-12H2,1H3. The Morgan fingerprint density at radius 1 is 0.941 bits per heavy atom. The van der Waals surface area contributed by atoms with Crippen LogP contribution in [0, 0.1) is 0 Å². The second kappa shape index (κ2) is 6.16. The zero-order chi connectivity index (χ0) is 11.9. The summed E-state index contributed by atoms with van der Waals surface area (Å²) in [6.45, 7) is 0. The molecule has 1 N–H and O–H groups in total. The summed E-state index contributed by atoms with van der Waals surface area (Å²) in [6, 6.07) is 15.2. The molecule has 1 aromatic carbocycles. The molecule has 0 aliphatic heterocycles. The SMILES string of the molecule is CNC(Cc1ccccc1)Cc1ccncc1. The van der Waals surface area contributed by atoms with Crippen LogP contribution in [-0.4, -0.2) is 18.1 Å². The Morgan fingerprint density at radius 2 is 1.53 bits per heavy atom. The summed E-state index contributed by atoms with van der Waals surface area (Å²) in [7, 11) is 2.02. The van der Waals surface area contributed by atoms with Crippen molar-refractivity contribution >= 4 is 0 Å². The van der Waals surface area contributed by atoms with Crippen molar-refractivity contribution < 1.29 is 0 Å². The van der Waals surface area contributed by atoms with Gasteiger partial charge >= 0.3 is 0 Å². The molecule has 2 aromatic rings. The molecule has 1 aromatic heterocycles. The first-order valence-corrected chi connectivity index (χ1v) is 5.98. The van der Waals surface area contributed by atoms with E-state index in [1.165, 1.54) is 11.1 Å². The second-order valence-corrected chi connectivity index (χ2v) is 4.23. The number of aromatic nitrogens is 1. The van der Waals surface area contributed by atoms with Crippen molar-refractivity contribution in [3.8, 4) is 0 Å². The predicted octanol–water partition coefficient (Wildman–Crippen LogP) is 2.45. The average Bonchev–Trinajstić information content (AvgIpc) is 2.40. The zero-order valence-corrected chi connectivity index (χ0v) is 10.1. The van der Waals surface area contributed by atoms with Gasteiger partial charge in [0.25, 0.3) is 0 Å². The summed E-state index contributed by atoms with van der Waals surface area (Å²) >= 11 is 0. The van der Waals surface area contributed by atoms with Crippen LogP contribution in [0.25, 0.3) is 0 Å². The third-order valence-corrected chi connectivity index (χ3v) is 2.96. The Morgan fingerprint density at radius 3 is 2.12 bits per heavy atom. The van der Waals surface area contributed by atoms with Crippen molar-refractivity contribution in [2.24, 2.45) is 0 Å². The van der Waals surface area contributed by atoms with Gasteiger partial charge in [0.05, 0.1) is 0 Å². The zero-order valence-electron chi connectivity index (χ0n) is 10.1. The van der Waals surface area contributed by atoms with E-state index in [9.17, 15) is 0 Å². The van der Waals surface area contributed by atoms with Crippen molar-refractivity contribution in [2.75, 3.05) is 7.05 Å². The molecule has 0 radical (unpaired) electrons. The number of hydrogen-bond donors (Lipinski definition) is 1. The first kappa shape index (κ1) is 11.8. The Hall–Kier alpha value is -1.67. The van der Waals surface area contributed by atoms with Crippen molar-refractivity contribution in [1.29, 1.82) is 0 Å². The highest BCUT2D eigenvalue weighted by Crippen LogP contribution is 2.08. The fourth-order valence-electron chi connectivity index (χ4n) is 1.98. The number of rotatable bonds is 5. The van der Waals surface area contributed by atoms with Gasteiger partial charge in [0, 0.05) is 18.4 Å². The molecule has 0 bridgehead atoms. The molecule has 2 rings (SSSR count). The molecule has 2 nitrogen and oxygen atoms in total. The predicted molar refractivity (Wildman–Crippen MR) is 70.9 cm³/mol. The lowest BCUT2D eigenvalue weighted by Crippen LogP contribution is -2.29. The minimum Gasteiger partial charge on any atom is -0.316 e. The maximum atomic E-state index is 4.04. The summed E-state index contributed by atoms with van der Waals surface area (Å²) in [5.74, 6) is 0. The summed E-state index contributed by atoms with van der Waals surface area (Å²) in [4.78, 5) is 4.04. The van der Waals surface area contributed by atoms with Gasteiger partial charge in [-0.2, -0.15) is 0 Å². The van der Waals surface area contributed by atoms with Crippen LogP contribution in [0.5, 0.6) is 0 Å². The Bertz CT molecular complexity index is 384. The maximum Gasteiger partial charge on any atom is 0.0270 e. The normalized spacial score (nSPS) is 12.3. The van der Waals surface area contributed by atoms with Crippen molar-refractivity contribution in [3.63, 3.8) is 0 Å². The topological polar surface area (TPSA) is 24.9 Å². The molecule has 0 fully saturated rings. The molecule has 0 aliphatic rings. The molecular weight excluding hydrogens is 208 g/mol. The molecule has 0 amide bonds. The van der Waals surface area contributed by atoms with E-state index in [1.54, 1.807) is 0 Å². The first-order chi connectivity index (χ1) is 8.38. The van der Waals surface area contributed by atoms with Crippen molar-refractivity contribution in [2.45, 2.75) is 18.9 Å². The van der Waals surface area contributed by atoms with E-state index >= 15 is 0 Å². The third-order valence-electron chi connectivity index (χ3n) is 2.96. The number of pyridine rings is 1. The molecular formula is C15H18N2. The van der Waals surface area contributed by atoms with E-state index in [1.807, 2.05) is 19.4 Å². The Labute approximate surface area is 103 Å². The minimum atomic E-state index is 0.472. The monoisotopic (exact) mass is 226 g/mol. The third kappa shape index (κ3) is 3.68. The lowest BCUT2D eigenvalue weighted by molar-refractivity contribution is 0.556. The van der Waals surface area contributed by atoms with E-state index in [0.717, 1.165) is 12.8 Å². The molecule has 17 heavy (non-hydrogen) atoms. The van der Waals surface area contributed by atoms with E-state index in [2.05, 4.69) is 52.8 Å². The highest BCUT2D eigenvalue weighted by atomic mass is 14.9. The summed E-state index contributed by atoms with van der Waals surface area (Å²) in [5.41, 5.74) is 2.70. The molecule has 2 heteroatoms. The summed E-state index contributed by atoms with van der Waals surface area (Å²) in [6.07, 6.45) is 5.79. The molecule has 0 spiro atoms. The number of nitrogens with one attached hydrogen (secondary N) is 1. The highest BCUT2D eigenvalue weighted by Gasteiger charge is 2.07. The van der Waals surface area contributed by atoms with Gasteiger partial charge in [0.15, 0.2) is 0 Å². The Balaban J connectivity index is 1.98. The molecule has 88 valence electrons. The van der Waals surface area contributed by atoms with E-state index in [-0.39, 0.29) is 0 Å². The highest BCUT2D eigenvalue weighted by molar-refractivity contribution is 5.18. The fourth-order valence-corrected chi connectivity index (χ4v) is 1.98. The number of likely N-dealkylation sites (N-methyl/N-ethyl adjacent to an activating group) is 1. The van der Waals surface area contributed by atoms with Crippen LogP contribution in [0.4, 0.5) is 0 Å². The van der Waals surface area contributed by atoms with Gasteiger partial charge in [-0.15, -0.1) is 0 Å². The van der Waals surface area contributed by atoms with Crippen LogP contribution in [0.15, 0.2) is 54.9 Å². The van der Waals surface area contributed by atoms with Gasteiger partial charge in [-0.3, -0.25) is 4.98 Å². The van der Waals surface area contributed by atoms with Gasteiger partial charge in [-0.25, -0.2) is 0 Å². The number of hydrogen-bond acceptors (Lipinski definition) is 2. The summed E-state index contributed by atoms with van der Waals surface area (Å²) in [5, 5.41) is 3.38. The van der Waals surface area contributed by atoms with Crippen LogP contribution in [0.1, 0.15) is 11.1 Å². The van der Waals surface area contributed by atoms with Crippen LogP contribution < -0.4 is 5.32 Å². The van der Waals surface area contributed by atoms with Gasteiger partial charge in [0.1, 0.15) is 0 Å². The second-order valence-electron chi connectivity index (χ2n) is 4.23. The summed E-state index contributed by atoms with van der Waals surface area (Å²) < 4.78 is 0. The smallest absolute Gasteiger partial charge is 0.0270 e. The van der Waals surface area contributed by atoms with E-state index in [0.29, 0.717) is 6.04 Å². The van der Waals surface area contributed by atoms with Crippen LogP contribution in [0.2, 0.25) is 0 Å². The van der Waals surface area contributed by atoms with Gasteiger partial charge in [0.2, 0.25) is 0 Å². The van der Waals surface area contributed by atoms with Gasteiger partial charge in [-0.1, -0.05) is 30.3 Å². The molecule has 1 heterocycles. The van der Waals surface area contributed by atoms with Crippen LogP contribution in [0.3, 0.4) is 0 Å². The van der Waals surface area contributed by atoms with Gasteiger partial charge in [-0.05, 0) is 43.1 Å². The number of nitrogens with zero attached hydrogens (tertiary/aromatic N) is 1.